The first-order valence-corrected chi connectivity index (χ1v) is 8.29. The molecule has 8 heteroatoms. The summed E-state index contributed by atoms with van der Waals surface area (Å²) in [6.07, 6.45) is 4.99. The van der Waals surface area contributed by atoms with Crippen LogP contribution in [-0.2, 0) is 11.2 Å². The summed E-state index contributed by atoms with van der Waals surface area (Å²) in [6, 6.07) is 0.335. The lowest BCUT2D eigenvalue weighted by molar-refractivity contribution is -0.132. The molecule has 3 heterocycles. The molecule has 0 N–H and O–H groups in total. The van der Waals surface area contributed by atoms with Crippen LogP contribution in [0.5, 0.6) is 11.8 Å². The summed E-state index contributed by atoms with van der Waals surface area (Å²) in [5.74, 6) is 1.39. The molecular formula is C17H22N4O4. The second-order valence-corrected chi connectivity index (χ2v) is 6.08. The summed E-state index contributed by atoms with van der Waals surface area (Å²) in [5, 5.41) is 3.90. The van der Waals surface area contributed by atoms with Crippen molar-refractivity contribution in [3.8, 4) is 11.8 Å². The Hall–Kier alpha value is -2.64. The van der Waals surface area contributed by atoms with Crippen LogP contribution in [-0.4, -0.2) is 52.2 Å². The van der Waals surface area contributed by atoms with E-state index in [2.05, 4.69) is 15.1 Å². The minimum Gasteiger partial charge on any atom is -0.494 e. The first kappa shape index (κ1) is 17.2. The van der Waals surface area contributed by atoms with Crippen LogP contribution in [0.1, 0.15) is 29.9 Å². The summed E-state index contributed by atoms with van der Waals surface area (Å²) in [4.78, 5) is 22.6. The van der Waals surface area contributed by atoms with Gasteiger partial charge in [-0.2, -0.15) is 9.97 Å². The van der Waals surface area contributed by atoms with Crippen molar-refractivity contribution >= 4 is 5.91 Å². The fraction of sp³-hybridized carbons (Fsp3) is 0.529. The lowest BCUT2D eigenvalue weighted by atomic mass is 10.1. The zero-order valence-electron chi connectivity index (χ0n) is 14.7. The quantitative estimate of drug-likeness (QED) is 0.814. The first-order valence-electron chi connectivity index (χ1n) is 8.29. The SMILES string of the molecule is COc1cnc(OC2CCN(C(=O)Cc3c(C)noc3C)CC2)nc1. The molecule has 25 heavy (non-hydrogen) atoms. The van der Waals surface area contributed by atoms with Crippen LogP contribution in [0.2, 0.25) is 0 Å². The predicted octanol–water partition coefficient (Wildman–Crippen LogP) is 1.70. The molecule has 0 unspecified atom stereocenters. The molecule has 0 aliphatic carbocycles. The van der Waals surface area contributed by atoms with Gasteiger partial charge in [0.1, 0.15) is 11.9 Å². The number of carbonyl (C=O) groups is 1. The Morgan fingerprint density at radius 3 is 2.52 bits per heavy atom. The average Bonchev–Trinajstić information content (AvgIpc) is 2.95. The Balaban J connectivity index is 1.50. The number of aryl methyl sites for hydroxylation is 2. The molecule has 2 aromatic heterocycles. The van der Waals surface area contributed by atoms with Crippen LogP contribution in [0.15, 0.2) is 16.9 Å². The lowest BCUT2D eigenvalue weighted by Crippen LogP contribution is -2.42. The number of hydrogen-bond acceptors (Lipinski definition) is 7. The third-order valence-corrected chi connectivity index (χ3v) is 4.42. The molecule has 1 aliphatic heterocycles. The van der Waals surface area contributed by atoms with Crippen molar-refractivity contribution in [2.45, 2.75) is 39.2 Å². The second kappa shape index (κ2) is 7.50. The number of ether oxygens (including phenoxy) is 2. The molecule has 8 nitrogen and oxygen atoms in total. The first-order chi connectivity index (χ1) is 12.1. The number of hydrogen-bond donors (Lipinski definition) is 0. The molecule has 0 bridgehead atoms. The van der Waals surface area contributed by atoms with Gasteiger partial charge in [-0.1, -0.05) is 5.16 Å². The zero-order valence-corrected chi connectivity index (χ0v) is 14.7. The molecule has 0 atom stereocenters. The molecule has 134 valence electrons. The molecule has 0 aromatic carbocycles. The minimum atomic E-state index is 0.0107. The van der Waals surface area contributed by atoms with Gasteiger partial charge in [0, 0.05) is 31.5 Å². The Kier molecular flexibility index (Phi) is 5.16. The standard InChI is InChI=1S/C17H22N4O4/c1-11-15(12(2)25-20-11)8-16(22)21-6-4-13(5-7-21)24-17-18-9-14(23-3)10-19-17/h9-10,13H,4-8H2,1-3H3. The summed E-state index contributed by atoms with van der Waals surface area (Å²) < 4.78 is 15.9. The molecule has 0 radical (unpaired) electrons. The van der Waals surface area contributed by atoms with E-state index in [0.717, 1.165) is 24.1 Å². The highest BCUT2D eigenvalue weighted by Crippen LogP contribution is 2.19. The molecule has 2 aromatic rings. The Morgan fingerprint density at radius 1 is 1.28 bits per heavy atom. The Bertz CT molecular complexity index is 701. The van der Waals surface area contributed by atoms with Crippen molar-refractivity contribution in [2.24, 2.45) is 0 Å². The van der Waals surface area contributed by atoms with E-state index < -0.39 is 0 Å². The maximum atomic E-state index is 12.5. The van der Waals surface area contributed by atoms with Crippen molar-refractivity contribution in [1.82, 2.24) is 20.0 Å². The van der Waals surface area contributed by atoms with Gasteiger partial charge < -0.3 is 18.9 Å². The van der Waals surface area contributed by atoms with Gasteiger partial charge >= 0.3 is 6.01 Å². The molecule has 0 saturated carbocycles. The van der Waals surface area contributed by atoms with E-state index in [9.17, 15) is 4.79 Å². The van der Waals surface area contributed by atoms with Gasteiger partial charge in [-0.3, -0.25) is 4.79 Å². The van der Waals surface area contributed by atoms with Gasteiger partial charge in [0.05, 0.1) is 31.6 Å². The number of carbonyl (C=O) groups excluding carboxylic acids is 1. The number of methoxy groups -OCH3 is 1. The number of piperidine rings is 1. The average molecular weight is 346 g/mol. The van der Waals surface area contributed by atoms with Crippen molar-refractivity contribution in [2.75, 3.05) is 20.2 Å². The third-order valence-electron chi connectivity index (χ3n) is 4.42. The van der Waals surface area contributed by atoms with Crippen LogP contribution in [0, 0.1) is 13.8 Å². The van der Waals surface area contributed by atoms with E-state index in [1.54, 1.807) is 19.5 Å². The summed E-state index contributed by atoms with van der Waals surface area (Å²) in [5.41, 5.74) is 1.66. The highest BCUT2D eigenvalue weighted by molar-refractivity contribution is 5.79. The van der Waals surface area contributed by atoms with Crippen LogP contribution < -0.4 is 9.47 Å². The fourth-order valence-electron chi connectivity index (χ4n) is 2.86. The molecular weight excluding hydrogens is 324 g/mol. The Morgan fingerprint density at radius 2 is 1.96 bits per heavy atom. The predicted molar refractivity (Wildman–Crippen MR) is 88.5 cm³/mol. The normalized spacial score (nSPS) is 15.2. The summed E-state index contributed by atoms with van der Waals surface area (Å²) >= 11 is 0. The summed E-state index contributed by atoms with van der Waals surface area (Å²) in [7, 11) is 1.56. The van der Waals surface area contributed by atoms with E-state index >= 15 is 0 Å². The van der Waals surface area contributed by atoms with Crippen LogP contribution in [0.3, 0.4) is 0 Å². The van der Waals surface area contributed by atoms with E-state index in [4.69, 9.17) is 14.0 Å². The topological polar surface area (TPSA) is 90.6 Å². The van der Waals surface area contributed by atoms with Crippen LogP contribution in [0.4, 0.5) is 0 Å². The molecule has 1 saturated heterocycles. The fourth-order valence-corrected chi connectivity index (χ4v) is 2.86. The Labute approximate surface area is 146 Å². The van der Waals surface area contributed by atoms with Gasteiger partial charge in [-0.05, 0) is 13.8 Å². The largest absolute Gasteiger partial charge is 0.494 e. The highest BCUT2D eigenvalue weighted by atomic mass is 16.5. The van der Waals surface area contributed by atoms with Gasteiger partial charge in [-0.25, -0.2) is 0 Å². The van der Waals surface area contributed by atoms with E-state index in [1.807, 2.05) is 18.7 Å². The second-order valence-electron chi connectivity index (χ2n) is 6.08. The maximum absolute atomic E-state index is 12.5. The van der Waals surface area contributed by atoms with E-state index in [0.29, 0.717) is 37.0 Å². The smallest absolute Gasteiger partial charge is 0.316 e. The van der Waals surface area contributed by atoms with Gasteiger partial charge in [0.15, 0.2) is 5.75 Å². The van der Waals surface area contributed by atoms with Crippen LogP contribution >= 0.6 is 0 Å². The van der Waals surface area contributed by atoms with Crippen LogP contribution in [0.25, 0.3) is 0 Å². The van der Waals surface area contributed by atoms with Gasteiger partial charge in [0.25, 0.3) is 0 Å². The number of likely N-dealkylation sites (tertiary alicyclic amines) is 1. The lowest BCUT2D eigenvalue weighted by Gasteiger charge is -2.31. The van der Waals surface area contributed by atoms with E-state index in [1.165, 1.54) is 0 Å². The zero-order chi connectivity index (χ0) is 17.8. The van der Waals surface area contributed by atoms with Crippen molar-refractivity contribution in [3.05, 3.63) is 29.4 Å². The van der Waals surface area contributed by atoms with E-state index in [-0.39, 0.29) is 12.0 Å². The van der Waals surface area contributed by atoms with Gasteiger partial charge in [-0.15, -0.1) is 0 Å². The monoisotopic (exact) mass is 346 g/mol. The van der Waals surface area contributed by atoms with Crippen molar-refractivity contribution < 1.29 is 18.8 Å². The molecule has 0 spiro atoms. The molecule has 1 fully saturated rings. The number of amides is 1. The molecule has 3 rings (SSSR count). The summed E-state index contributed by atoms with van der Waals surface area (Å²) in [6.45, 7) is 5.00. The molecule has 1 aliphatic rings. The highest BCUT2D eigenvalue weighted by Gasteiger charge is 2.25. The van der Waals surface area contributed by atoms with Gasteiger partial charge in [0.2, 0.25) is 5.91 Å². The maximum Gasteiger partial charge on any atom is 0.316 e. The number of aromatic nitrogens is 3. The number of rotatable bonds is 5. The van der Waals surface area contributed by atoms with Crippen molar-refractivity contribution in [3.63, 3.8) is 0 Å². The van der Waals surface area contributed by atoms with Crippen molar-refractivity contribution in [1.29, 1.82) is 0 Å². The third kappa shape index (κ3) is 4.07. The number of nitrogens with zero attached hydrogens (tertiary/aromatic N) is 4. The minimum absolute atomic E-state index is 0.0107. The molecule has 1 amide bonds.